The Balaban J connectivity index is 0.000000160. The van der Waals surface area contributed by atoms with E-state index in [9.17, 15) is 23.2 Å². The lowest BCUT2D eigenvalue weighted by atomic mass is 10.0. The summed E-state index contributed by atoms with van der Waals surface area (Å²) in [4.78, 5) is 73.2. The average molecular weight is 976 g/mol. The number of nitrogens with zero attached hydrogens (tertiary/aromatic N) is 9. The Bertz CT molecular complexity index is 3240. The zero-order valence-corrected chi connectivity index (χ0v) is 39.5. The lowest BCUT2D eigenvalue weighted by Crippen LogP contribution is -2.06. The third-order valence-electron chi connectivity index (χ3n) is 9.99. The molecule has 0 atom stereocenters. The zero-order chi connectivity index (χ0) is 51.5. The van der Waals surface area contributed by atoms with Gasteiger partial charge in [-0.2, -0.15) is 0 Å². The number of carbonyl (C=O) groups is 3. The van der Waals surface area contributed by atoms with Gasteiger partial charge in [-0.3, -0.25) is 29.3 Å². The molecule has 15 nitrogen and oxygen atoms in total. The maximum Gasteiger partial charge on any atom is 0.169 e. The van der Waals surface area contributed by atoms with Gasteiger partial charge >= 0.3 is 0 Å². The minimum Gasteiger partial charge on any atom is -0.454 e. The largest absolute Gasteiger partial charge is 0.454 e. The third kappa shape index (κ3) is 16.1. The molecule has 0 saturated carbocycles. The van der Waals surface area contributed by atoms with Crippen LogP contribution in [0.3, 0.4) is 0 Å². The standard InChI is InChI=1S/C19H12FN3O2.C19H17N3O2.C18H14FN3O2/c1-2-13-3-4-16(23-9-13)8-19(24)14-5-15(20)7-17(6-14)25-18-10-21-12-22-11-18;1-13-6-15(19(23)9-16-5-3-4-14(2)22-16)8-17(7-13)24-18-10-20-12-21-11-18;1-12-3-2-4-15(22-12)8-18(23)13-5-14(19)7-16(6-13)24-17-9-20-11-21-10-17/h1,3-7,9-12H,8H2;3-8,10-12H,9H2,1-2H3;2-7,9-11H,8H2,1H3. The summed E-state index contributed by atoms with van der Waals surface area (Å²) in [5, 5.41) is 0. The SMILES string of the molecule is C#Cc1ccc(CC(=O)c2cc(F)cc(Oc3cncnc3)c2)nc1.Cc1cc(Oc2cncnc2)cc(C(=O)Cc2cccc(C)n2)c1.Cc1cccc(CC(=O)c2cc(F)cc(Oc3cncnc3)c2)n1. The van der Waals surface area contributed by atoms with E-state index >= 15 is 0 Å². The van der Waals surface area contributed by atoms with Crippen LogP contribution in [-0.2, 0) is 19.3 Å². The highest BCUT2D eigenvalue weighted by Crippen LogP contribution is 2.26. The second-order valence-electron chi connectivity index (χ2n) is 15.9. The van der Waals surface area contributed by atoms with Crippen molar-refractivity contribution in [3.63, 3.8) is 0 Å². The van der Waals surface area contributed by atoms with E-state index in [0.717, 1.165) is 28.7 Å². The first-order valence-corrected chi connectivity index (χ1v) is 22.2. The van der Waals surface area contributed by atoms with Crippen LogP contribution in [0.5, 0.6) is 34.5 Å². The van der Waals surface area contributed by atoms with Crippen molar-refractivity contribution in [2.75, 3.05) is 0 Å². The van der Waals surface area contributed by atoms with Gasteiger partial charge in [-0.1, -0.05) is 18.1 Å². The quantitative estimate of drug-likeness (QED) is 0.0695. The molecule has 0 bridgehead atoms. The van der Waals surface area contributed by atoms with Crippen molar-refractivity contribution >= 4 is 17.3 Å². The molecule has 6 aromatic heterocycles. The van der Waals surface area contributed by atoms with Crippen LogP contribution in [0.4, 0.5) is 8.78 Å². The molecule has 17 heteroatoms. The smallest absolute Gasteiger partial charge is 0.169 e. The molecule has 73 heavy (non-hydrogen) atoms. The summed E-state index contributed by atoms with van der Waals surface area (Å²) in [7, 11) is 0. The number of terminal acetylenes is 1. The molecule has 0 aliphatic carbocycles. The zero-order valence-electron chi connectivity index (χ0n) is 39.5. The summed E-state index contributed by atoms with van der Waals surface area (Å²) < 4.78 is 44.3. The Labute approximate surface area is 418 Å². The molecule has 0 amide bonds. The molecule has 0 spiro atoms. The van der Waals surface area contributed by atoms with Gasteiger partial charge in [0.05, 0.1) is 56.4 Å². The topological polar surface area (TPSA) is 195 Å². The number of ether oxygens (including phenoxy) is 3. The van der Waals surface area contributed by atoms with E-state index in [4.69, 9.17) is 20.6 Å². The molecule has 6 heterocycles. The molecule has 0 unspecified atom stereocenters. The van der Waals surface area contributed by atoms with Gasteiger partial charge in [-0.05, 0) is 105 Å². The molecular formula is C56H43F2N9O6. The monoisotopic (exact) mass is 975 g/mol. The van der Waals surface area contributed by atoms with Crippen molar-refractivity contribution < 1.29 is 37.4 Å². The van der Waals surface area contributed by atoms with Gasteiger partial charge in [0.25, 0.3) is 0 Å². The summed E-state index contributed by atoms with van der Waals surface area (Å²) in [6.45, 7) is 5.69. The number of pyridine rings is 3. The minimum absolute atomic E-state index is 0.00552. The van der Waals surface area contributed by atoms with Crippen LogP contribution >= 0.6 is 0 Å². The molecule has 0 aliphatic rings. The lowest BCUT2D eigenvalue weighted by molar-refractivity contribution is 0.0983. The van der Waals surface area contributed by atoms with Gasteiger partial charge < -0.3 is 14.2 Å². The van der Waals surface area contributed by atoms with E-state index in [1.165, 1.54) is 80.3 Å². The molecule has 9 aromatic rings. The van der Waals surface area contributed by atoms with Gasteiger partial charge in [0.1, 0.15) is 47.9 Å². The van der Waals surface area contributed by atoms with E-state index in [1.807, 2.05) is 63.2 Å². The van der Waals surface area contributed by atoms with E-state index in [-0.39, 0.29) is 59.2 Å². The first-order chi connectivity index (χ1) is 35.3. The second-order valence-corrected chi connectivity index (χ2v) is 15.9. The summed E-state index contributed by atoms with van der Waals surface area (Å²) in [5.74, 6) is 3.04. The summed E-state index contributed by atoms with van der Waals surface area (Å²) >= 11 is 0. The fraction of sp³-hybridized carbons (Fsp3) is 0.107. The first kappa shape index (κ1) is 51.0. The highest BCUT2D eigenvalue weighted by molar-refractivity contribution is 5.99. The van der Waals surface area contributed by atoms with E-state index < -0.39 is 11.6 Å². The molecule has 0 N–H and O–H groups in total. The van der Waals surface area contributed by atoms with Crippen molar-refractivity contribution in [1.29, 1.82) is 0 Å². The van der Waals surface area contributed by atoms with Gasteiger partial charge in [0.15, 0.2) is 34.6 Å². The van der Waals surface area contributed by atoms with E-state index in [2.05, 4.69) is 50.8 Å². The van der Waals surface area contributed by atoms with E-state index in [1.54, 1.807) is 36.7 Å². The Morgan fingerprint density at radius 1 is 0.466 bits per heavy atom. The van der Waals surface area contributed by atoms with Crippen molar-refractivity contribution in [3.8, 4) is 46.8 Å². The fourth-order valence-electron chi connectivity index (χ4n) is 6.77. The molecule has 3 aromatic carbocycles. The lowest BCUT2D eigenvalue weighted by Gasteiger charge is -2.09. The number of hydrogen-bond acceptors (Lipinski definition) is 15. The number of rotatable bonds is 15. The van der Waals surface area contributed by atoms with Crippen LogP contribution in [0.1, 0.15) is 70.7 Å². The van der Waals surface area contributed by atoms with Crippen molar-refractivity contribution in [3.05, 3.63) is 233 Å². The molecular weight excluding hydrogens is 933 g/mol. The van der Waals surface area contributed by atoms with Crippen LogP contribution in [-0.4, -0.2) is 62.2 Å². The fourth-order valence-corrected chi connectivity index (χ4v) is 6.77. The van der Waals surface area contributed by atoms with Crippen LogP contribution in [0, 0.1) is 44.7 Å². The van der Waals surface area contributed by atoms with Gasteiger partial charge in [0, 0.05) is 69.1 Å². The number of carbonyl (C=O) groups excluding carboxylic acids is 3. The molecule has 0 aliphatic heterocycles. The highest BCUT2D eigenvalue weighted by atomic mass is 19.1. The number of Topliss-reactive ketones (excluding diaryl/α,β-unsaturated/α-hetero) is 3. The van der Waals surface area contributed by atoms with Gasteiger partial charge in [-0.25, -0.2) is 38.7 Å². The number of aryl methyl sites for hydroxylation is 3. The van der Waals surface area contributed by atoms with Crippen molar-refractivity contribution in [1.82, 2.24) is 44.9 Å². The van der Waals surface area contributed by atoms with Crippen molar-refractivity contribution in [2.45, 2.75) is 40.0 Å². The summed E-state index contributed by atoms with van der Waals surface area (Å²) in [6.07, 6.45) is 20.3. The summed E-state index contributed by atoms with van der Waals surface area (Å²) in [5.41, 5.74) is 6.28. The van der Waals surface area contributed by atoms with Crippen LogP contribution in [0.15, 0.2) is 165 Å². The second kappa shape index (κ2) is 25.2. The Hall–Kier alpha value is -9.82. The minimum atomic E-state index is -0.576. The molecule has 362 valence electrons. The number of halogens is 2. The average Bonchev–Trinajstić information content (AvgIpc) is 3.37. The number of aromatic nitrogens is 9. The van der Waals surface area contributed by atoms with Gasteiger partial charge in [0.2, 0.25) is 0 Å². The Morgan fingerprint density at radius 2 is 0.863 bits per heavy atom. The number of hydrogen-bond donors (Lipinski definition) is 0. The van der Waals surface area contributed by atoms with Gasteiger partial charge in [-0.15, -0.1) is 6.42 Å². The molecule has 0 radical (unpaired) electrons. The highest BCUT2D eigenvalue weighted by Gasteiger charge is 2.15. The number of ketones is 3. The first-order valence-electron chi connectivity index (χ1n) is 22.2. The molecule has 0 fully saturated rings. The Kier molecular flexibility index (Phi) is 17.6. The van der Waals surface area contributed by atoms with Crippen LogP contribution < -0.4 is 14.2 Å². The van der Waals surface area contributed by atoms with E-state index in [0.29, 0.717) is 45.5 Å². The maximum absolute atomic E-state index is 13.8. The molecule has 9 rings (SSSR count). The predicted octanol–water partition coefficient (Wildman–Crippen LogP) is 10.5. The molecule has 0 saturated heterocycles. The Morgan fingerprint density at radius 3 is 1.25 bits per heavy atom. The maximum atomic E-state index is 13.8. The predicted molar refractivity (Wildman–Crippen MR) is 265 cm³/mol. The summed E-state index contributed by atoms with van der Waals surface area (Å²) in [6, 6.07) is 27.7. The van der Waals surface area contributed by atoms with Crippen LogP contribution in [0.2, 0.25) is 0 Å². The normalized spacial score (nSPS) is 10.3. The van der Waals surface area contributed by atoms with Crippen LogP contribution in [0.25, 0.3) is 0 Å². The third-order valence-corrected chi connectivity index (χ3v) is 9.99. The van der Waals surface area contributed by atoms with Crippen molar-refractivity contribution in [2.24, 2.45) is 0 Å². The number of benzene rings is 3.